The van der Waals surface area contributed by atoms with Crippen molar-refractivity contribution >= 4 is 29.0 Å². The van der Waals surface area contributed by atoms with Gasteiger partial charge in [-0.1, -0.05) is 53.5 Å². The highest BCUT2D eigenvalue weighted by Crippen LogP contribution is 2.31. The lowest BCUT2D eigenvalue weighted by Crippen LogP contribution is -2.04. The first-order valence-corrected chi connectivity index (χ1v) is 6.02. The molecule has 0 N–H and O–H groups in total. The third-order valence-electron chi connectivity index (χ3n) is 2.52. The molecule has 0 aliphatic carbocycles. The average Bonchev–Trinajstić information content (AvgIpc) is 2.41. The highest BCUT2D eigenvalue weighted by molar-refractivity contribution is 6.42. The van der Waals surface area contributed by atoms with Gasteiger partial charge in [0.2, 0.25) is 0 Å². The molecule has 0 spiro atoms. The van der Waals surface area contributed by atoms with Crippen LogP contribution in [0.2, 0.25) is 10.0 Å². The van der Waals surface area contributed by atoms with E-state index in [0.29, 0.717) is 26.9 Å². The van der Waals surface area contributed by atoms with Gasteiger partial charge in [-0.15, -0.1) is 0 Å². The first kappa shape index (κ1) is 12.9. The van der Waals surface area contributed by atoms with Gasteiger partial charge in [-0.05, 0) is 6.07 Å². The summed E-state index contributed by atoms with van der Waals surface area (Å²) >= 11 is 11.8. The van der Waals surface area contributed by atoms with Gasteiger partial charge < -0.3 is 4.74 Å². The van der Waals surface area contributed by atoms with Crippen molar-refractivity contribution in [2.24, 2.45) is 0 Å². The molecule has 0 bridgehead atoms. The number of methoxy groups -OCH3 is 1. The van der Waals surface area contributed by atoms with Crippen LogP contribution < -0.4 is 4.74 Å². The molecule has 0 unspecified atom stereocenters. The Morgan fingerprint density at radius 1 is 1.06 bits per heavy atom. The fourth-order valence-electron chi connectivity index (χ4n) is 1.62. The van der Waals surface area contributed by atoms with Crippen LogP contribution in [-0.4, -0.2) is 12.9 Å². The molecule has 0 saturated carbocycles. The van der Waals surface area contributed by atoms with Gasteiger partial charge in [0.05, 0.1) is 22.7 Å². The maximum absolute atomic E-state index is 12.3. The second-order valence-electron chi connectivity index (χ2n) is 3.66. The van der Waals surface area contributed by atoms with Crippen molar-refractivity contribution in [2.75, 3.05) is 7.11 Å². The lowest BCUT2D eigenvalue weighted by molar-refractivity contribution is 0.103. The van der Waals surface area contributed by atoms with Crippen LogP contribution in [0.4, 0.5) is 0 Å². The van der Waals surface area contributed by atoms with E-state index in [4.69, 9.17) is 27.9 Å². The smallest absolute Gasteiger partial charge is 0.196 e. The molecule has 0 aliphatic rings. The van der Waals surface area contributed by atoms with Crippen LogP contribution in [0.1, 0.15) is 15.9 Å². The van der Waals surface area contributed by atoms with E-state index < -0.39 is 0 Å². The molecule has 0 saturated heterocycles. The topological polar surface area (TPSA) is 26.3 Å². The molecule has 0 heterocycles. The first-order valence-electron chi connectivity index (χ1n) is 5.26. The zero-order valence-electron chi connectivity index (χ0n) is 9.61. The van der Waals surface area contributed by atoms with Crippen LogP contribution in [0.15, 0.2) is 42.5 Å². The van der Waals surface area contributed by atoms with Gasteiger partial charge >= 0.3 is 0 Å². The summed E-state index contributed by atoms with van der Waals surface area (Å²) in [5.74, 6) is 0.268. The second kappa shape index (κ2) is 5.42. The van der Waals surface area contributed by atoms with Crippen molar-refractivity contribution in [3.05, 3.63) is 63.6 Å². The van der Waals surface area contributed by atoms with Gasteiger partial charge in [-0.3, -0.25) is 4.79 Å². The van der Waals surface area contributed by atoms with Crippen molar-refractivity contribution in [1.29, 1.82) is 0 Å². The van der Waals surface area contributed by atoms with Crippen molar-refractivity contribution in [3.63, 3.8) is 0 Å². The quantitative estimate of drug-likeness (QED) is 0.787. The summed E-state index contributed by atoms with van der Waals surface area (Å²) in [5, 5.41) is 0.690. The molecule has 4 heteroatoms. The van der Waals surface area contributed by atoms with Crippen molar-refractivity contribution in [1.82, 2.24) is 0 Å². The summed E-state index contributed by atoms with van der Waals surface area (Å²) in [7, 11) is 1.49. The molecule has 0 radical (unpaired) electrons. The van der Waals surface area contributed by atoms with Crippen LogP contribution >= 0.6 is 23.2 Å². The molecule has 2 aromatic carbocycles. The minimum absolute atomic E-state index is 0.147. The van der Waals surface area contributed by atoms with Crippen LogP contribution in [-0.2, 0) is 0 Å². The number of hydrogen-bond acceptors (Lipinski definition) is 2. The second-order valence-corrected chi connectivity index (χ2v) is 4.48. The predicted octanol–water partition coefficient (Wildman–Crippen LogP) is 4.23. The van der Waals surface area contributed by atoms with E-state index in [1.165, 1.54) is 13.2 Å². The Balaban J connectivity index is 2.51. The molecule has 0 amide bonds. The van der Waals surface area contributed by atoms with Crippen LogP contribution in [0, 0.1) is 0 Å². The maximum Gasteiger partial charge on any atom is 0.196 e. The SMILES string of the molecule is COc1cc(Cl)c(Cl)cc1C(=O)c1ccccc1. The summed E-state index contributed by atoms with van der Waals surface area (Å²) in [6.07, 6.45) is 0. The average molecular weight is 281 g/mol. The molecule has 0 aromatic heterocycles. The largest absolute Gasteiger partial charge is 0.496 e. The minimum atomic E-state index is -0.147. The number of benzene rings is 2. The number of carbonyl (C=O) groups is 1. The predicted molar refractivity (Wildman–Crippen MR) is 72.9 cm³/mol. The summed E-state index contributed by atoms with van der Waals surface area (Å²) in [4.78, 5) is 12.3. The molecule has 0 aliphatic heterocycles. The summed E-state index contributed by atoms with van der Waals surface area (Å²) in [6.45, 7) is 0. The van der Waals surface area contributed by atoms with Crippen molar-refractivity contribution < 1.29 is 9.53 Å². The molecular weight excluding hydrogens is 271 g/mol. The van der Waals surface area contributed by atoms with E-state index in [-0.39, 0.29) is 5.78 Å². The van der Waals surface area contributed by atoms with Gasteiger partial charge in [-0.25, -0.2) is 0 Å². The third-order valence-corrected chi connectivity index (χ3v) is 3.25. The van der Waals surface area contributed by atoms with E-state index in [2.05, 4.69) is 0 Å². The highest BCUT2D eigenvalue weighted by atomic mass is 35.5. The lowest BCUT2D eigenvalue weighted by atomic mass is 10.0. The van der Waals surface area contributed by atoms with Gasteiger partial charge in [0.15, 0.2) is 5.78 Å². The number of halogens is 2. The van der Waals surface area contributed by atoms with Crippen LogP contribution in [0.25, 0.3) is 0 Å². The van der Waals surface area contributed by atoms with E-state index in [9.17, 15) is 4.79 Å². The number of hydrogen-bond donors (Lipinski definition) is 0. The molecule has 2 nitrogen and oxygen atoms in total. The van der Waals surface area contributed by atoms with E-state index in [1.807, 2.05) is 6.07 Å². The third kappa shape index (κ3) is 2.50. The Bertz CT molecular complexity index is 580. The fraction of sp³-hybridized carbons (Fsp3) is 0.0714. The van der Waals surface area contributed by atoms with Crippen molar-refractivity contribution in [2.45, 2.75) is 0 Å². The Hall–Kier alpha value is -1.51. The molecule has 0 atom stereocenters. The standard InChI is InChI=1S/C14H10Cl2O2/c1-18-13-8-12(16)11(15)7-10(13)14(17)9-5-3-2-4-6-9/h2-8H,1H3. The van der Waals surface area contributed by atoms with Gasteiger partial charge in [0, 0.05) is 11.6 Å². The van der Waals surface area contributed by atoms with Crippen LogP contribution in [0.3, 0.4) is 0 Å². The van der Waals surface area contributed by atoms with Gasteiger partial charge in [-0.2, -0.15) is 0 Å². The zero-order chi connectivity index (χ0) is 13.1. The summed E-state index contributed by atoms with van der Waals surface area (Å²) < 4.78 is 5.16. The Morgan fingerprint density at radius 3 is 2.28 bits per heavy atom. The Kier molecular flexibility index (Phi) is 3.90. The Morgan fingerprint density at radius 2 is 1.67 bits per heavy atom. The highest BCUT2D eigenvalue weighted by Gasteiger charge is 2.16. The monoisotopic (exact) mass is 280 g/mol. The minimum Gasteiger partial charge on any atom is -0.496 e. The molecule has 2 rings (SSSR count). The van der Waals surface area contributed by atoms with Crippen molar-refractivity contribution in [3.8, 4) is 5.75 Å². The van der Waals surface area contributed by atoms with E-state index >= 15 is 0 Å². The molecule has 92 valence electrons. The molecule has 2 aromatic rings. The summed E-state index contributed by atoms with van der Waals surface area (Å²) in [6, 6.07) is 12.0. The number of rotatable bonds is 3. The normalized spacial score (nSPS) is 10.2. The molecule has 18 heavy (non-hydrogen) atoms. The van der Waals surface area contributed by atoms with Crippen LogP contribution in [0.5, 0.6) is 5.75 Å². The Labute approximate surface area is 115 Å². The number of carbonyl (C=O) groups excluding carboxylic acids is 1. The molecular formula is C14H10Cl2O2. The zero-order valence-corrected chi connectivity index (χ0v) is 11.1. The van der Waals surface area contributed by atoms with E-state index in [1.54, 1.807) is 30.3 Å². The number of ketones is 1. The maximum atomic E-state index is 12.3. The first-order chi connectivity index (χ1) is 8.63. The van der Waals surface area contributed by atoms with Gasteiger partial charge in [0.25, 0.3) is 0 Å². The number of ether oxygens (including phenoxy) is 1. The molecule has 0 fully saturated rings. The van der Waals surface area contributed by atoms with Gasteiger partial charge in [0.1, 0.15) is 5.75 Å². The fourth-order valence-corrected chi connectivity index (χ4v) is 1.94. The summed E-state index contributed by atoms with van der Waals surface area (Å²) in [5.41, 5.74) is 0.979. The lowest BCUT2D eigenvalue weighted by Gasteiger charge is -2.09. The van der Waals surface area contributed by atoms with E-state index in [0.717, 1.165) is 0 Å².